The van der Waals surface area contributed by atoms with Gasteiger partial charge in [-0.05, 0) is 30.3 Å². The lowest BCUT2D eigenvalue weighted by molar-refractivity contribution is 0.466. The van der Waals surface area contributed by atoms with E-state index in [2.05, 4.69) is 4.98 Å². The molecule has 1 heterocycles. The quantitative estimate of drug-likeness (QED) is 0.699. The first kappa shape index (κ1) is 16.3. The largest absolute Gasteiger partial charge is 0.243 e. The molecule has 2 aromatic carbocycles. The minimum absolute atomic E-state index is 0.0486. The minimum Gasteiger partial charge on any atom is -0.240 e. The van der Waals surface area contributed by atoms with Crippen LogP contribution in [0.1, 0.15) is 5.01 Å². The molecule has 23 heavy (non-hydrogen) atoms. The van der Waals surface area contributed by atoms with Crippen LogP contribution in [-0.2, 0) is 16.6 Å². The molecule has 0 fully saturated rings. The van der Waals surface area contributed by atoms with Gasteiger partial charge >= 0.3 is 0 Å². The second-order valence-corrected chi connectivity index (χ2v) is 8.48. The van der Waals surface area contributed by atoms with Crippen molar-refractivity contribution in [3.05, 3.63) is 58.3 Å². The molecular formula is C15H12ClFN2O2S2. The van der Waals surface area contributed by atoms with Gasteiger partial charge in [-0.3, -0.25) is 0 Å². The number of hydrogen-bond acceptors (Lipinski definition) is 4. The summed E-state index contributed by atoms with van der Waals surface area (Å²) in [5.41, 5.74) is 0.836. The van der Waals surface area contributed by atoms with Crippen molar-refractivity contribution in [2.75, 3.05) is 7.05 Å². The maximum Gasteiger partial charge on any atom is 0.243 e. The Labute approximate surface area is 142 Å². The number of halogens is 2. The molecule has 8 heteroatoms. The zero-order chi connectivity index (χ0) is 16.6. The fourth-order valence-electron chi connectivity index (χ4n) is 2.08. The van der Waals surface area contributed by atoms with Crippen LogP contribution in [0.4, 0.5) is 4.39 Å². The molecule has 1 aromatic heterocycles. The van der Waals surface area contributed by atoms with Gasteiger partial charge in [0.2, 0.25) is 10.0 Å². The lowest BCUT2D eigenvalue weighted by Crippen LogP contribution is -2.26. The Morgan fingerprint density at radius 2 is 2.00 bits per heavy atom. The lowest BCUT2D eigenvalue weighted by Gasteiger charge is -2.16. The van der Waals surface area contributed by atoms with Gasteiger partial charge < -0.3 is 0 Å². The highest BCUT2D eigenvalue weighted by molar-refractivity contribution is 7.89. The number of aromatic nitrogens is 1. The standard InChI is InChI=1S/C15H12ClFN2O2S2/c1-19(9-15-18-13-4-2-3-5-14(13)22-15)23(20,21)10-6-7-12(17)11(16)8-10/h2-8H,9H2,1H3. The number of fused-ring (bicyclic) bond motifs is 1. The minimum atomic E-state index is -3.76. The number of sulfonamides is 1. The van der Waals surface area contributed by atoms with Gasteiger partial charge in [-0.1, -0.05) is 23.7 Å². The lowest BCUT2D eigenvalue weighted by atomic mass is 10.3. The zero-order valence-corrected chi connectivity index (χ0v) is 14.4. The highest BCUT2D eigenvalue weighted by Crippen LogP contribution is 2.26. The Morgan fingerprint density at radius 3 is 2.70 bits per heavy atom. The van der Waals surface area contributed by atoms with E-state index < -0.39 is 15.8 Å². The summed E-state index contributed by atoms with van der Waals surface area (Å²) in [6, 6.07) is 11.0. The molecule has 0 spiro atoms. The van der Waals surface area contributed by atoms with Crippen LogP contribution in [0.5, 0.6) is 0 Å². The van der Waals surface area contributed by atoms with E-state index in [0.717, 1.165) is 22.3 Å². The topological polar surface area (TPSA) is 50.3 Å². The fourth-order valence-corrected chi connectivity index (χ4v) is 4.59. The van der Waals surface area contributed by atoms with Gasteiger partial charge in [0.15, 0.2) is 0 Å². The number of benzene rings is 2. The molecule has 4 nitrogen and oxygen atoms in total. The Morgan fingerprint density at radius 1 is 1.26 bits per heavy atom. The molecule has 0 aliphatic rings. The van der Waals surface area contributed by atoms with Crippen molar-refractivity contribution < 1.29 is 12.8 Å². The normalized spacial score (nSPS) is 12.2. The molecule has 0 saturated carbocycles. The molecule has 0 aliphatic heterocycles. The number of thiazole rings is 1. The van der Waals surface area contributed by atoms with Crippen LogP contribution in [0.3, 0.4) is 0 Å². The van der Waals surface area contributed by atoms with Crippen LogP contribution >= 0.6 is 22.9 Å². The molecule has 0 aliphatic carbocycles. The van der Waals surface area contributed by atoms with Crippen molar-refractivity contribution in [3.63, 3.8) is 0 Å². The second-order valence-electron chi connectivity index (χ2n) is 4.91. The molecule has 0 bridgehead atoms. The second kappa shape index (κ2) is 6.16. The van der Waals surface area contributed by atoms with E-state index in [0.29, 0.717) is 5.01 Å². The number of para-hydroxylation sites is 1. The maximum absolute atomic E-state index is 13.2. The molecule has 0 saturated heterocycles. The van der Waals surface area contributed by atoms with E-state index in [1.165, 1.54) is 28.8 Å². The van der Waals surface area contributed by atoms with Crippen molar-refractivity contribution in [1.29, 1.82) is 0 Å². The average molecular weight is 371 g/mol. The van der Waals surface area contributed by atoms with E-state index in [4.69, 9.17) is 11.6 Å². The van der Waals surface area contributed by atoms with E-state index in [1.807, 2.05) is 24.3 Å². The van der Waals surface area contributed by atoms with Crippen LogP contribution in [0.2, 0.25) is 5.02 Å². The molecular weight excluding hydrogens is 359 g/mol. The van der Waals surface area contributed by atoms with Crippen LogP contribution in [0, 0.1) is 5.82 Å². The van der Waals surface area contributed by atoms with Gasteiger partial charge in [0.05, 0.1) is 26.7 Å². The van der Waals surface area contributed by atoms with E-state index in [1.54, 1.807) is 0 Å². The Kier molecular flexibility index (Phi) is 4.37. The molecule has 0 atom stereocenters. The van der Waals surface area contributed by atoms with E-state index in [-0.39, 0.29) is 16.5 Å². The number of hydrogen-bond donors (Lipinski definition) is 0. The van der Waals surface area contributed by atoms with Crippen LogP contribution in [0.15, 0.2) is 47.4 Å². The summed E-state index contributed by atoms with van der Waals surface area (Å²) in [7, 11) is -2.31. The first-order valence-electron chi connectivity index (χ1n) is 6.64. The summed E-state index contributed by atoms with van der Waals surface area (Å²) in [6.07, 6.45) is 0. The summed E-state index contributed by atoms with van der Waals surface area (Å²) in [4.78, 5) is 4.37. The first-order valence-corrected chi connectivity index (χ1v) is 9.27. The van der Waals surface area contributed by atoms with Gasteiger partial charge in [-0.25, -0.2) is 17.8 Å². The third kappa shape index (κ3) is 3.23. The van der Waals surface area contributed by atoms with Crippen molar-refractivity contribution in [3.8, 4) is 0 Å². The van der Waals surface area contributed by atoms with Gasteiger partial charge in [-0.15, -0.1) is 11.3 Å². The number of rotatable bonds is 4. The summed E-state index contributed by atoms with van der Waals surface area (Å²) >= 11 is 7.11. The van der Waals surface area contributed by atoms with Gasteiger partial charge in [0.25, 0.3) is 0 Å². The molecule has 0 unspecified atom stereocenters. The van der Waals surface area contributed by atoms with Gasteiger partial charge in [0, 0.05) is 7.05 Å². The SMILES string of the molecule is CN(Cc1nc2ccccc2s1)S(=O)(=O)c1ccc(F)c(Cl)c1. The summed E-state index contributed by atoms with van der Waals surface area (Å²) in [5, 5.41) is 0.463. The van der Waals surface area contributed by atoms with Crippen molar-refractivity contribution in [2.45, 2.75) is 11.4 Å². The summed E-state index contributed by atoms with van der Waals surface area (Å²) < 4.78 is 40.5. The van der Waals surface area contributed by atoms with E-state index >= 15 is 0 Å². The molecule has 0 radical (unpaired) electrons. The maximum atomic E-state index is 13.2. The third-order valence-electron chi connectivity index (χ3n) is 3.30. The molecule has 0 N–H and O–H groups in total. The molecule has 0 amide bonds. The highest BCUT2D eigenvalue weighted by atomic mass is 35.5. The van der Waals surface area contributed by atoms with Crippen molar-refractivity contribution in [2.24, 2.45) is 0 Å². The Bertz CT molecular complexity index is 940. The molecule has 3 aromatic rings. The summed E-state index contributed by atoms with van der Waals surface area (Å²) in [5.74, 6) is -0.653. The van der Waals surface area contributed by atoms with Crippen LogP contribution < -0.4 is 0 Å². The van der Waals surface area contributed by atoms with Gasteiger partial charge in [-0.2, -0.15) is 4.31 Å². The first-order chi connectivity index (χ1) is 10.9. The zero-order valence-electron chi connectivity index (χ0n) is 12.0. The predicted octanol–water partition coefficient (Wildman–Crippen LogP) is 3.91. The Hall–Kier alpha value is -1.54. The Balaban J connectivity index is 1.88. The third-order valence-corrected chi connectivity index (χ3v) is 6.41. The molecule has 120 valence electrons. The smallest absolute Gasteiger partial charge is 0.240 e. The van der Waals surface area contributed by atoms with Crippen molar-refractivity contribution in [1.82, 2.24) is 9.29 Å². The predicted molar refractivity (Wildman–Crippen MR) is 89.7 cm³/mol. The molecule has 3 rings (SSSR count). The monoisotopic (exact) mass is 370 g/mol. The van der Waals surface area contributed by atoms with Crippen LogP contribution in [-0.4, -0.2) is 24.8 Å². The van der Waals surface area contributed by atoms with E-state index in [9.17, 15) is 12.8 Å². The van der Waals surface area contributed by atoms with Crippen LogP contribution in [0.25, 0.3) is 10.2 Å². The highest BCUT2D eigenvalue weighted by Gasteiger charge is 2.23. The summed E-state index contributed by atoms with van der Waals surface area (Å²) in [6.45, 7) is 0.136. The average Bonchev–Trinajstić information content (AvgIpc) is 2.92. The number of nitrogens with zero attached hydrogens (tertiary/aromatic N) is 2. The van der Waals surface area contributed by atoms with Gasteiger partial charge in [0.1, 0.15) is 10.8 Å². The fraction of sp³-hybridized carbons (Fsp3) is 0.133. The van der Waals surface area contributed by atoms with Crippen molar-refractivity contribution >= 4 is 43.2 Å².